The van der Waals surface area contributed by atoms with E-state index in [2.05, 4.69) is 20.7 Å². The molecule has 0 aliphatic heterocycles. The zero-order valence-electron chi connectivity index (χ0n) is 14.8. The number of amides is 1. The summed E-state index contributed by atoms with van der Waals surface area (Å²) in [5.41, 5.74) is 1.41. The van der Waals surface area contributed by atoms with Crippen molar-refractivity contribution in [3.63, 3.8) is 0 Å². The summed E-state index contributed by atoms with van der Waals surface area (Å²) in [6.07, 6.45) is 9.43. The highest BCUT2D eigenvalue weighted by molar-refractivity contribution is 5.78. The van der Waals surface area contributed by atoms with Crippen LogP contribution in [0.25, 0.3) is 5.65 Å². The van der Waals surface area contributed by atoms with Crippen molar-refractivity contribution in [1.29, 1.82) is 0 Å². The van der Waals surface area contributed by atoms with Gasteiger partial charge >= 0.3 is 0 Å². The lowest BCUT2D eigenvalue weighted by molar-refractivity contribution is -0.120. The normalized spacial score (nSPS) is 16.0. The summed E-state index contributed by atoms with van der Waals surface area (Å²) in [6.45, 7) is 3.11. The van der Waals surface area contributed by atoms with Crippen LogP contribution in [0.4, 0.5) is 0 Å². The average molecular weight is 345 g/mol. The van der Waals surface area contributed by atoms with Gasteiger partial charge in [0.2, 0.25) is 5.91 Å². The molecule has 1 amide bonds. The number of rotatable bonds is 6. The largest absolute Gasteiger partial charge is 0.355 e. The van der Waals surface area contributed by atoms with Crippen molar-refractivity contribution in [2.45, 2.75) is 57.9 Å². The molecule has 136 valence electrons. The number of carbonyl (C=O) groups is 1. The van der Waals surface area contributed by atoms with Gasteiger partial charge in [-0.25, -0.2) is 9.50 Å². The van der Waals surface area contributed by atoms with Crippen LogP contribution in [0.5, 0.6) is 0 Å². The third kappa shape index (κ3) is 4.48. The second kappa shape index (κ2) is 8.29. The molecule has 0 saturated heterocycles. The van der Waals surface area contributed by atoms with Gasteiger partial charge in [0.1, 0.15) is 0 Å². The fourth-order valence-electron chi connectivity index (χ4n) is 3.49. The Kier molecular flexibility index (Phi) is 5.86. The van der Waals surface area contributed by atoms with Gasteiger partial charge in [-0.3, -0.25) is 14.7 Å². The van der Waals surface area contributed by atoms with Crippen LogP contribution in [0.2, 0.25) is 0 Å². The predicted molar refractivity (Wildman–Crippen MR) is 96.8 cm³/mol. The van der Waals surface area contributed by atoms with E-state index in [1.807, 2.05) is 0 Å². The number of aromatic nitrogens is 3. The smallest absolute Gasteiger partial charge is 0.276 e. The summed E-state index contributed by atoms with van der Waals surface area (Å²) in [5, 5.41) is 9.24. The molecule has 0 atom stereocenters. The van der Waals surface area contributed by atoms with Gasteiger partial charge < -0.3 is 10.6 Å². The van der Waals surface area contributed by atoms with E-state index in [-0.39, 0.29) is 17.9 Å². The number of fused-ring (bicyclic) bond motifs is 1. The molecule has 0 bridgehead atoms. The van der Waals surface area contributed by atoms with Crippen LogP contribution in [0.3, 0.4) is 0 Å². The zero-order valence-corrected chi connectivity index (χ0v) is 14.8. The van der Waals surface area contributed by atoms with E-state index in [4.69, 9.17) is 0 Å². The zero-order chi connectivity index (χ0) is 17.6. The minimum atomic E-state index is -0.209. The summed E-state index contributed by atoms with van der Waals surface area (Å²) in [4.78, 5) is 28.9. The number of nitrogens with zero attached hydrogens (tertiary/aromatic N) is 2. The second-order valence-electron chi connectivity index (χ2n) is 6.81. The number of H-pyrrole nitrogens is 1. The summed E-state index contributed by atoms with van der Waals surface area (Å²) in [7, 11) is 0. The first-order valence-electron chi connectivity index (χ1n) is 9.21. The van der Waals surface area contributed by atoms with Crippen LogP contribution in [0.1, 0.15) is 49.8 Å². The lowest BCUT2D eigenvalue weighted by atomic mass is 10.1. The van der Waals surface area contributed by atoms with E-state index >= 15 is 0 Å². The van der Waals surface area contributed by atoms with Crippen molar-refractivity contribution in [3.8, 4) is 0 Å². The van der Waals surface area contributed by atoms with Crippen LogP contribution in [-0.4, -0.2) is 39.6 Å². The number of nitrogens with one attached hydrogen (secondary N) is 3. The molecule has 2 aromatic rings. The molecule has 2 aromatic heterocycles. The van der Waals surface area contributed by atoms with E-state index in [0.717, 1.165) is 6.54 Å². The van der Waals surface area contributed by atoms with E-state index in [1.54, 1.807) is 19.2 Å². The molecule has 7 nitrogen and oxygen atoms in total. The van der Waals surface area contributed by atoms with Crippen molar-refractivity contribution >= 4 is 11.6 Å². The van der Waals surface area contributed by atoms with Crippen LogP contribution >= 0.6 is 0 Å². The molecule has 1 fully saturated rings. The molecule has 1 aliphatic rings. The van der Waals surface area contributed by atoms with Crippen molar-refractivity contribution in [2.24, 2.45) is 0 Å². The Labute approximate surface area is 147 Å². The highest BCUT2D eigenvalue weighted by Crippen LogP contribution is 2.16. The molecule has 1 saturated carbocycles. The average Bonchev–Trinajstić information content (AvgIpc) is 2.90. The third-order valence-electron chi connectivity index (χ3n) is 4.92. The molecular formula is C18H27N5O2. The molecule has 0 aromatic carbocycles. The van der Waals surface area contributed by atoms with E-state index < -0.39 is 0 Å². The Morgan fingerprint density at radius 1 is 1.28 bits per heavy atom. The van der Waals surface area contributed by atoms with Crippen LogP contribution in [0, 0.1) is 6.92 Å². The Bertz CT molecular complexity index is 771. The maximum absolute atomic E-state index is 12.4. The quantitative estimate of drug-likeness (QED) is 0.544. The Morgan fingerprint density at radius 3 is 2.80 bits per heavy atom. The molecule has 7 heteroatoms. The summed E-state index contributed by atoms with van der Waals surface area (Å²) in [6, 6.07) is 2.31. The minimum absolute atomic E-state index is 0.0586. The fraction of sp³-hybridized carbons (Fsp3) is 0.611. The van der Waals surface area contributed by atoms with Crippen LogP contribution < -0.4 is 16.2 Å². The van der Waals surface area contributed by atoms with Crippen LogP contribution in [-0.2, 0) is 11.2 Å². The minimum Gasteiger partial charge on any atom is -0.355 e. The Balaban J connectivity index is 1.48. The van der Waals surface area contributed by atoms with Gasteiger partial charge in [0, 0.05) is 42.7 Å². The van der Waals surface area contributed by atoms with Gasteiger partial charge in [0.25, 0.3) is 5.56 Å². The van der Waals surface area contributed by atoms with Gasteiger partial charge in [0.15, 0.2) is 5.65 Å². The summed E-state index contributed by atoms with van der Waals surface area (Å²) >= 11 is 0. The maximum Gasteiger partial charge on any atom is 0.276 e. The number of aromatic amines is 1. The number of aryl methyl sites for hydroxylation is 1. The highest BCUT2D eigenvalue weighted by Gasteiger charge is 2.14. The Morgan fingerprint density at radius 2 is 2.04 bits per heavy atom. The first-order chi connectivity index (χ1) is 12.1. The first-order valence-corrected chi connectivity index (χ1v) is 9.21. The lowest BCUT2D eigenvalue weighted by Crippen LogP contribution is -2.38. The third-order valence-corrected chi connectivity index (χ3v) is 4.92. The standard InChI is InChI=1S/C18H27N5O2/c1-13-15(18(25)23-16(22-13)8-9-21-23)12-17(24)20-11-10-19-14-6-4-2-3-5-7-14/h8-9,14,19,21H,2-7,10-12H2,1H3,(H,20,24). The molecular weight excluding hydrogens is 318 g/mol. The lowest BCUT2D eigenvalue weighted by Gasteiger charge is -2.16. The van der Waals surface area contributed by atoms with Crippen molar-refractivity contribution in [2.75, 3.05) is 13.1 Å². The number of hydrogen-bond acceptors (Lipinski definition) is 4. The highest BCUT2D eigenvalue weighted by atomic mass is 16.2. The summed E-state index contributed by atoms with van der Waals surface area (Å²) < 4.78 is 1.36. The van der Waals surface area contributed by atoms with E-state index in [9.17, 15) is 9.59 Å². The fourth-order valence-corrected chi connectivity index (χ4v) is 3.49. The number of hydrogen-bond donors (Lipinski definition) is 3. The topological polar surface area (TPSA) is 91.3 Å². The Hall–Kier alpha value is -2.15. The van der Waals surface area contributed by atoms with E-state index in [1.165, 1.54) is 43.0 Å². The molecule has 0 unspecified atom stereocenters. The van der Waals surface area contributed by atoms with E-state index in [0.29, 0.717) is 29.5 Å². The molecule has 1 aliphatic carbocycles. The van der Waals surface area contributed by atoms with Gasteiger partial charge in [-0.2, -0.15) is 0 Å². The molecule has 0 spiro atoms. The van der Waals surface area contributed by atoms with Crippen molar-refractivity contribution in [3.05, 3.63) is 33.9 Å². The molecule has 25 heavy (non-hydrogen) atoms. The van der Waals surface area contributed by atoms with Gasteiger partial charge in [-0.1, -0.05) is 25.7 Å². The van der Waals surface area contributed by atoms with Crippen LogP contribution in [0.15, 0.2) is 17.1 Å². The van der Waals surface area contributed by atoms with Crippen molar-refractivity contribution < 1.29 is 4.79 Å². The molecule has 3 N–H and O–H groups in total. The van der Waals surface area contributed by atoms with Gasteiger partial charge in [-0.05, 0) is 19.8 Å². The maximum atomic E-state index is 12.4. The van der Waals surface area contributed by atoms with Crippen molar-refractivity contribution in [1.82, 2.24) is 25.2 Å². The predicted octanol–water partition coefficient (Wildman–Crippen LogP) is 1.30. The first kappa shape index (κ1) is 17.7. The molecule has 3 rings (SSSR count). The van der Waals surface area contributed by atoms with Gasteiger partial charge in [0.05, 0.1) is 6.42 Å². The summed E-state index contributed by atoms with van der Waals surface area (Å²) in [5.74, 6) is -0.142. The monoisotopic (exact) mass is 345 g/mol. The van der Waals surface area contributed by atoms with Gasteiger partial charge in [-0.15, -0.1) is 0 Å². The molecule has 2 heterocycles. The number of carbonyl (C=O) groups excluding carboxylic acids is 1. The second-order valence-corrected chi connectivity index (χ2v) is 6.81. The molecule has 0 radical (unpaired) electrons. The SMILES string of the molecule is Cc1nc2cc[nH]n2c(=O)c1CC(=O)NCCNC1CCCCCC1.